The lowest BCUT2D eigenvalue weighted by Gasteiger charge is -2.16. The zero-order valence-corrected chi connectivity index (χ0v) is 15.5. The smallest absolute Gasteiger partial charge is 0.180 e. The van der Waals surface area contributed by atoms with E-state index in [2.05, 4.69) is 11.9 Å². The molecule has 0 atom stereocenters. The molecular weight excluding hydrogens is 364 g/mol. The van der Waals surface area contributed by atoms with Crippen molar-refractivity contribution in [3.8, 4) is 11.5 Å². The van der Waals surface area contributed by atoms with Gasteiger partial charge in [-0.1, -0.05) is 35.3 Å². The molecule has 2 aromatic rings. The van der Waals surface area contributed by atoms with Crippen LogP contribution in [0.5, 0.6) is 11.5 Å². The number of hydrogen-bond acceptors (Lipinski definition) is 3. The second-order valence-electron chi connectivity index (χ2n) is 5.25. The lowest BCUT2D eigenvalue weighted by Crippen LogP contribution is -2.13. The van der Waals surface area contributed by atoms with E-state index in [1.165, 1.54) is 6.07 Å². The lowest BCUT2D eigenvalue weighted by molar-refractivity contribution is 0.266. The minimum atomic E-state index is -0.424. The largest absolute Gasteiger partial charge is 0.490 e. The van der Waals surface area contributed by atoms with E-state index < -0.39 is 5.82 Å². The molecule has 2 aromatic carbocycles. The molecule has 0 heterocycles. The van der Waals surface area contributed by atoms with Gasteiger partial charge in [0.25, 0.3) is 0 Å². The minimum absolute atomic E-state index is 0.0423. The zero-order valence-electron chi connectivity index (χ0n) is 14.0. The third-order valence-electron chi connectivity index (χ3n) is 3.41. The van der Waals surface area contributed by atoms with Crippen LogP contribution < -0.4 is 14.8 Å². The van der Waals surface area contributed by atoms with Crippen molar-refractivity contribution in [2.45, 2.75) is 20.1 Å². The van der Waals surface area contributed by atoms with Crippen molar-refractivity contribution in [1.29, 1.82) is 0 Å². The summed E-state index contributed by atoms with van der Waals surface area (Å²) in [6.45, 7) is 7.25. The van der Waals surface area contributed by atoms with Crippen molar-refractivity contribution in [2.75, 3.05) is 13.2 Å². The highest BCUT2D eigenvalue weighted by Gasteiger charge is 2.15. The Bertz CT molecular complexity index is 717. The van der Waals surface area contributed by atoms with E-state index in [-0.39, 0.29) is 12.2 Å². The molecule has 0 spiro atoms. The Hall–Kier alpha value is -1.75. The number of rotatable bonds is 9. The van der Waals surface area contributed by atoms with Crippen LogP contribution in [0.1, 0.15) is 18.1 Å². The third-order valence-corrected chi connectivity index (χ3v) is 4.04. The average Bonchev–Trinajstić information content (AvgIpc) is 2.57. The predicted molar refractivity (Wildman–Crippen MR) is 100 cm³/mol. The summed E-state index contributed by atoms with van der Waals surface area (Å²) in [5.74, 6) is 0.458. The van der Waals surface area contributed by atoms with Crippen molar-refractivity contribution in [2.24, 2.45) is 0 Å². The van der Waals surface area contributed by atoms with Gasteiger partial charge in [-0.25, -0.2) is 4.39 Å². The van der Waals surface area contributed by atoms with Gasteiger partial charge in [0.05, 0.1) is 16.7 Å². The highest BCUT2D eigenvalue weighted by Crippen LogP contribution is 2.37. The molecule has 0 aromatic heterocycles. The van der Waals surface area contributed by atoms with E-state index in [0.29, 0.717) is 41.2 Å². The Morgan fingerprint density at radius 1 is 1.20 bits per heavy atom. The summed E-state index contributed by atoms with van der Waals surface area (Å²) in [6.07, 6.45) is 1.78. The van der Waals surface area contributed by atoms with Crippen molar-refractivity contribution in [3.63, 3.8) is 0 Å². The van der Waals surface area contributed by atoms with Gasteiger partial charge in [0, 0.05) is 18.7 Å². The van der Waals surface area contributed by atoms with Crippen LogP contribution in [0.4, 0.5) is 4.39 Å². The monoisotopic (exact) mass is 383 g/mol. The summed E-state index contributed by atoms with van der Waals surface area (Å²) >= 11 is 12.4. The van der Waals surface area contributed by atoms with Gasteiger partial charge >= 0.3 is 0 Å². The minimum Gasteiger partial charge on any atom is -0.490 e. The van der Waals surface area contributed by atoms with Gasteiger partial charge in [-0.15, -0.1) is 6.58 Å². The number of hydrogen-bond donors (Lipinski definition) is 1. The van der Waals surface area contributed by atoms with Gasteiger partial charge in [-0.3, -0.25) is 0 Å². The van der Waals surface area contributed by atoms with Crippen molar-refractivity contribution in [3.05, 3.63) is 70.0 Å². The predicted octanol–water partition coefficient (Wildman–Crippen LogP) is 5.39. The Labute approximate surface area is 157 Å². The van der Waals surface area contributed by atoms with Crippen molar-refractivity contribution < 1.29 is 13.9 Å². The van der Waals surface area contributed by atoms with Crippen molar-refractivity contribution in [1.82, 2.24) is 5.32 Å². The quantitative estimate of drug-likeness (QED) is 0.465. The third kappa shape index (κ3) is 5.36. The standard InChI is InChI=1S/C19H20Cl2FNO2/c1-3-8-23-11-13-9-16(21)19(18(10-13)24-4-2)25-12-14-15(20)6-5-7-17(14)22/h3,5-7,9-10,23H,1,4,8,11-12H2,2H3. The van der Waals surface area contributed by atoms with Gasteiger partial charge in [0.15, 0.2) is 11.5 Å². The summed E-state index contributed by atoms with van der Waals surface area (Å²) in [5.41, 5.74) is 1.23. The molecule has 0 aliphatic rings. The first-order valence-corrected chi connectivity index (χ1v) is 8.65. The fraction of sp³-hybridized carbons (Fsp3) is 0.263. The maximum atomic E-state index is 13.9. The van der Waals surface area contributed by atoms with Crippen LogP contribution in [0.3, 0.4) is 0 Å². The molecule has 0 saturated carbocycles. The molecule has 0 unspecified atom stereocenters. The first kappa shape index (κ1) is 19.6. The molecule has 6 heteroatoms. The molecule has 0 saturated heterocycles. The fourth-order valence-corrected chi connectivity index (χ4v) is 2.76. The van der Waals surface area contributed by atoms with Gasteiger partial charge in [0.1, 0.15) is 12.4 Å². The number of halogens is 3. The van der Waals surface area contributed by atoms with E-state index in [4.69, 9.17) is 32.7 Å². The summed E-state index contributed by atoms with van der Waals surface area (Å²) in [5, 5.41) is 3.90. The van der Waals surface area contributed by atoms with Gasteiger partial charge in [-0.2, -0.15) is 0 Å². The molecule has 3 nitrogen and oxygen atoms in total. The number of ether oxygens (including phenoxy) is 2. The van der Waals surface area contributed by atoms with E-state index in [0.717, 1.165) is 5.56 Å². The van der Waals surface area contributed by atoms with Crippen molar-refractivity contribution >= 4 is 23.2 Å². The normalized spacial score (nSPS) is 10.6. The maximum absolute atomic E-state index is 13.9. The Morgan fingerprint density at radius 2 is 2.00 bits per heavy atom. The topological polar surface area (TPSA) is 30.5 Å². The number of benzene rings is 2. The van der Waals surface area contributed by atoms with Gasteiger partial charge in [-0.05, 0) is 36.8 Å². The molecule has 1 N–H and O–H groups in total. The van der Waals surface area contributed by atoms with Crippen LogP contribution >= 0.6 is 23.2 Å². The second-order valence-corrected chi connectivity index (χ2v) is 6.06. The van der Waals surface area contributed by atoms with E-state index in [1.807, 2.05) is 13.0 Å². The van der Waals surface area contributed by atoms with E-state index >= 15 is 0 Å². The summed E-state index contributed by atoms with van der Waals surface area (Å²) in [7, 11) is 0. The van der Waals surface area contributed by atoms with Crippen LogP contribution in [-0.2, 0) is 13.2 Å². The summed E-state index contributed by atoms with van der Waals surface area (Å²) in [6, 6.07) is 8.14. The summed E-state index contributed by atoms with van der Waals surface area (Å²) in [4.78, 5) is 0. The molecule has 0 fully saturated rings. The molecule has 0 bridgehead atoms. The zero-order chi connectivity index (χ0) is 18.2. The molecule has 25 heavy (non-hydrogen) atoms. The molecular formula is C19H20Cl2FNO2. The Balaban J connectivity index is 2.22. The first-order chi connectivity index (χ1) is 12.1. The Morgan fingerprint density at radius 3 is 2.68 bits per heavy atom. The lowest BCUT2D eigenvalue weighted by atomic mass is 10.2. The molecule has 0 radical (unpaired) electrons. The average molecular weight is 384 g/mol. The van der Waals surface area contributed by atoms with Crippen LogP contribution in [0.15, 0.2) is 43.0 Å². The van der Waals surface area contributed by atoms with Gasteiger partial charge < -0.3 is 14.8 Å². The summed E-state index contributed by atoms with van der Waals surface area (Å²) < 4.78 is 25.3. The van der Waals surface area contributed by atoms with Crippen LogP contribution in [-0.4, -0.2) is 13.2 Å². The molecule has 0 aliphatic heterocycles. The highest BCUT2D eigenvalue weighted by atomic mass is 35.5. The van der Waals surface area contributed by atoms with Crippen LogP contribution in [0.2, 0.25) is 10.0 Å². The second kappa shape index (κ2) is 9.66. The van der Waals surface area contributed by atoms with Gasteiger partial charge in [0.2, 0.25) is 0 Å². The van der Waals surface area contributed by atoms with E-state index in [1.54, 1.807) is 24.3 Å². The van der Waals surface area contributed by atoms with Crippen LogP contribution in [0, 0.1) is 5.82 Å². The fourth-order valence-electron chi connectivity index (χ4n) is 2.26. The maximum Gasteiger partial charge on any atom is 0.180 e. The SMILES string of the molecule is C=CCNCc1cc(Cl)c(OCc2c(F)cccc2Cl)c(OCC)c1. The molecule has 134 valence electrons. The van der Waals surface area contributed by atoms with E-state index in [9.17, 15) is 4.39 Å². The van der Waals surface area contributed by atoms with Crippen LogP contribution in [0.25, 0.3) is 0 Å². The number of nitrogens with one attached hydrogen (secondary N) is 1. The highest BCUT2D eigenvalue weighted by molar-refractivity contribution is 6.32. The first-order valence-electron chi connectivity index (χ1n) is 7.89. The molecule has 0 amide bonds. The molecule has 0 aliphatic carbocycles. The Kier molecular flexibility index (Phi) is 7.56. The molecule has 2 rings (SSSR count).